The molecule has 0 aliphatic rings. The number of carbonyl (C=O) groups excluding carboxylic acids is 3. The van der Waals surface area contributed by atoms with Gasteiger partial charge in [0.2, 0.25) is 17.7 Å². The normalized spacial score (nSPS) is 14.4. The molecule has 1 aromatic carbocycles. The lowest BCUT2D eigenvalue weighted by Crippen LogP contribution is -2.58. The summed E-state index contributed by atoms with van der Waals surface area (Å²) in [7, 11) is 0. The summed E-state index contributed by atoms with van der Waals surface area (Å²) in [6, 6.07) is 1.21. The van der Waals surface area contributed by atoms with E-state index in [4.69, 9.17) is 10.8 Å². The number of aromatic hydroxyl groups is 1. The third-order valence-corrected chi connectivity index (χ3v) is 4.93. The molecule has 12 heteroatoms. The molecule has 0 heterocycles. The first kappa shape index (κ1) is 28.4. The smallest absolute Gasteiger partial charge is 0.326 e. The molecule has 0 saturated heterocycles. The Balaban J connectivity index is 3.12. The molecule has 8 N–H and O–H groups in total. The van der Waals surface area contributed by atoms with Gasteiger partial charge in [0.15, 0.2) is 0 Å². The zero-order chi connectivity index (χ0) is 26.0. The number of carbonyl (C=O) groups is 5. The van der Waals surface area contributed by atoms with E-state index < -0.39 is 60.2 Å². The van der Waals surface area contributed by atoms with Crippen molar-refractivity contribution < 1.29 is 39.3 Å². The average Bonchev–Trinajstić information content (AvgIpc) is 2.74. The molecule has 0 aliphatic carbocycles. The lowest BCUT2D eigenvalue weighted by molar-refractivity contribution is -0.143. The fraction of sp³-hybridized carbons (Fsp3) is 0.500. The van der Waals surface area contributed by atoms with Gasteiger partial charge in [0.1, 0.15) is 23.9 Å². The maximum atomic E-state index is 13.0. The highest BCUT2D eigenvalue weighted by molar-refractivity contribution is 5.94. The van der Waals surface area contributed by atoms with Crippen molar-refractivity contribution in [3.05, 3.63) is 29.8 Å². The number of phenolic OH excluding ortho intramolecular Hbond substituents is 1. The van der Waals surface area contributed by atoms with Crippen LogP contribution in [0.3, 0.4) is 0 Å². The van der Waals surface area contributed by atoms with E-state index in [1.165, 1.54) is 31.2 Å². The summed E-state index contributed by atoms with van der Waals surface area (Å²) < 4.78 is 0. The molecule has 0 fully saturated rings. The Labute approximate surface area is 196 Å². The number of nitrogens with one attached hydrogen (secondary N) is 3. The number of carboxylic acids is 2. The quantitative estimate of drug-likeness (QED) is 0.191. The second kappa shape index (κ2) is 13.1. The second-order valence-corrected chi connectivity index (χ2v) is 8.28. The number of hydrogen-bond donors (Lipinski definition) is 7. The van der Waals surface area contributed by atoms with Gasteiger partial charge in [-0.1, -0.05) is 26.0 Å². The van der Waals surface area contributed by atoms with E-state index in [1.807, 2.05) is 0 Å². The van der Waals surface area contributed by atoms with Gasteiger partial charge in [-0.2, -0.15) is 0 Å². The zero-order valence-corrected chi connectivity index (χ0v) is 19.3. The molecule has 34 heavy (non-hydrogen) atoms. The molecule has 0 spiro atoms. The number of rotatable bonds is 13. The maximum Gasteiger partial charge on any atom is 0.326 e. The van der Waals surface area contributed by atoms with Crippen LogP contribution in [0.1, 0.15) is 39.2 Å². The third-order valence-electron chi connectivity index (χ3n) is 4.93. The van der Waals surface area contributed by atoms with Gasteiger partial charge in [0.05, 0.1) is 6.04 Å². The lowest BCUT2D eigenvalue weighted by atomic mass is 10.00. The number of aliphatic carboxylic acids is 2. The Kier molecular flexibility index (Phi) is 11.0. The predicted molar refractivity (Wildman–Crippen MR) is 121 cm³/mol. The topological polar surface area (TPSA) is 208 Å². The van der Waals surface area contributed by atoms with Gasteiger partial charge in [0, 0.05) is 12.8 Å². The highest BCUT2D eigenvalue weighted by Crippen LogP contribution is 2.13. The minimum atomic E-state index is -1.48. The van der Waals surface area contributed by atoms with Crippen molar-refractivity contribution in [2.75, 3.05) is 0 Å². The van der Waals surface area contributed by atoms with Gasteiger partial charge in [-0.25, -0.2) is 4.79 Å². The van der Waals surface area contributed by atoms with Crippen LogP contribution in [0.5, 0.6) is 5.75 Å². The van der Waals surface area contributed by atoms with Crippen LogP contribution in [0.4, 0.5) is 0 Å². The first-order valence-corrected chi connectivity index (χ1v) is 10.7. The largest absolute Gasteiger partial charge is 0.508 e. The van der Waals surface area contributed by atoms with Crippen molar-refractivity contribution in [2.45, 2.75) is 64.2 Å². The fourth-order valence-electron chi connectivity index (χ4n) is 2.96. The van der Waals surface area contributed by atoms with E-state index in [0.717, 1.165) is 0 Å². The number of hydrogen-bond acceptors (Lipinski definition) is 7. The highest BCUT2D eigenvalue weighted by atomic mass is 16.4. The van der Waals surface area contributed by atoms with E-state index in [9.17, 15) is 34.2 Å². The SMILES string of the molecule is CC(N)C(=O)NC(C(=O)NC(Cc1ccc(O)cc1)C(=O)NC(CCC(=O)O)C(=O)O)C(C)C. The summed E-state index contributed by atoms with van der Waals surface area (Å²) in [5.74, 6) is -5.10. The summed E-state index contributed by atoms with van der Waals surface area (Å²) in [6.45, 7) is 4.83. The molecular formula is C22H32N4O8. The van der Waals surface area contributed by atoms with E-state index in [0.29, 0.717) is 5.56 Å². The Hall–Kier alpha value is -3.67. The van der Waals surface area contributed by atoms with Crippen molar-refractivity contribution in [1.29, 1.82) is 0 Å². The molecule has 0 radical (unpaired) electrons. The van der Waals surface area contributed by atoms with Gasteiger partial charge in [-0.3, -0.25) is 19.2 Å². The maximum absolute atomic E-state index is 13.0. The van der Waals surface area contributed by atoms with E-state index in [-0.39, 0.29) is 24.5 Å². The molecule has 4 atom stereocenters. The minimum Gasteiger partial charge on any atom is -0.508 e. The van der Waals surface area contributed by atoms with Crippen molar-refractivity contribution >= 4 is 29.7 Å². The van der Waals surface area contributed by atoms with Gasteiger partial charge < -0.3 is 37.0 Å². The van der Waals surface area contributed by atoms with Crippen molar-refractivity contribution in [2.24, 2.45) is 11.7 Å². The van der Waals surface area contributed by atoms with Gasteiger partial charge in [0.25, 0.3) is 0 Å². The molecule has 0 bridgehead atoms. The van der Waals surface area contributed by atoms with Crippen LogP contribution in [0.2, 0.25) is 0 Å². The van der Waals surface area contributed by atoms with Crippen molar-refractivity contribution in [1.82, 2.24) is 16.0 Å². The Morgan fingerprint density at radius 1 is 0.853 bits per heavy atom. The summed E-state index contributed by atoms with van der Waals surface area (Å²) in [5.41, 5.74) is 6.11. The predicted octanol–water partition coefficient (Wildman–Crippen LogP) is -0.658. The van der Waals surface area contributed by atoms with Crippen molar-refractivity contribution in [3.8, 4) is 5.75 Å². The lowest BCUT2D eigenvalue weighted by Gasteiger charge is -2.26. The molecule has 0 aromatic heterocycles. The number of nitrogens with two attached hydrogens (primary N) is 1. The Morgan fingerprint density at radius 2 is 1.41 bits per heavy atom. The molecular weight excluding hydrogens is 448 g/mol. The third kappa shape index (κ3) is 9.45. The first-order valence-electron chi connectivity index (χ1n) is 10.7. The number of phenols is 1. The molecule has 12 nitrogen and oxygen atoms in total. The minimum absolute atomic E-state index is 0.00751. The zero-order valence-electron chi connectivity index (χ0n) is 19.3. The molecule has 0 aliphatic heterocycles. The van der Waals surface area contributed by atoms with Gasteiger partial charge in [-0.15, -0.1) is 0 Å². The number of carboxylic acid groups (broad SMARTS) is 2. The summed E-state index contributed by atoms with van der Waals surface area (Å²) in [6.07, 6.45) is -0.893. The molecule has 3 amide bonds. The monoisotopic (exact) mass is 480 g/mol. The Bertz CT molecular complexity index is 885. The Morgan fingerprint density at radius 3 is 1.88 bits per heavy atom. The van der Waals surface area contributed by atoms with Crippen LogP contribution in [0, 0.1) is 5.92 Å². The molecule has 4 unspecified atom stereocenters. The molecule has 1 rings (SSSR count). The van der Waals surface area contributed by atoms with E-state index in [1.54, 1.807) is 13.8 Å². The number of amides is 3. The van der Waals surface area contributed by atoms with Crippen LogP contribution in [-0.2, 0) is 30.4 Å². The van der Waals surface area contributed by atoms with E-state index >= 15 is 0 Å². The number of benzene rings is 1. The summed E-state index contributed by atoms with van der Waals surface area (Å²) in [4.78, 5) is 60.2. The second-order valence-electron chi connectivity index (χ2n) is 8.28. The summed E-state index contributed by atoms with van der Waals surface area (Å²) >= 11 is 0. The summed E-state index contributed by atoms with van der Waals surface area (Å²) in [5, 5.41) is 35.0. The van der Waals surface area contributed by atoms with E-state index in [2.05, 4.69) is 16.0 Å². The van der Waals surface area contributed by atoms with Crippen LogP contribution in [0.25, 0.3) is 0 Å². The fourth-order valence-corrected chi connectivity index (χ4v) is 2.96. The van der Waals surface area contributed by atoms with Crippen LogP contribution >= 0.6 is 0 Å². The molecule has 1 aromatic rings. The first-order chi connectivity index (χ1) is 15.8. The van der Waals surface area contributed by atoms with Crippen LogP contribution in [-0.4, -0.2) is 69.1 Å². The average molecular weight is 481 g/mol. The van der Waals surface area contributed by atoms with Crippen LogP contribution < -0.4 is 21.7 Å². The molecule has 0 saturated carbocycles. The standard InChI is InChI=1S/C22H32N4O8/c1-11(2)18(26-19(30)12(3)23)21(32)25-16(10-13-4-6-14(27)7-5-13)20(31)24-15(22(33)34)8-9-17(28)29/h4-7,11-12,15-16,18,27H,8-10,23H2,1-3H3,(H,24,31)(H,25,32)(H,26,30)(H,28,29)(H,33,34). The highest BCUT2D eigenvalue weighted by Gasteiger charge is 2.31. The van der Waals surface area contributed by atoms with Gasteiger partial charge in [-0.05, 0) is 37.0 Å². The van der Waals surface area contributed by atoms with Gasteiger partial charge >= 0.3 is 11.9 Å². The van der Waals surface area contributed by atoms with Crippen LogP contribution in [0.15, 0.2) is 24.3 Å². The molecule has 188 valence electrons. The van der Waals surface area contributed by atoms with Crippen molar-refractivity contribution in [3.63, 3.8) is 0 Å².